The summed E-state index contributed by atoms with van der Waals surface area (Å²) in [6.07, 6.45) is -2.30. The van der Waals surface area contributed by atoms with E-state index in [4.69, 9.17) is 105 Å². The van der Waals surface area contributed by atoms with Crippen molar-refractivity contribution in [3.63, 3.8) is 0 Å². The lowest BCUT2D eigenvalue weighted by Gasteiger charge is -2.35. The highest BCUT2D eigenvalue weighted by Gasteiger charge is 2.35. The summed E-state index contributed by atoms with van der Waals surface area (Å²) in [6, 6.07) is 30.5. The number of anilines is 1. The first-order valence-corrected chi connectivity index (χ1v) is 50.0. The number of nitrogens with zero attached hydrogens (tertiary/aromatic N) is 4. The quantitative estimate of drug-likeness (QED) is 0.00738. The second-order valence-electron chi connectivity index (χ2n) is 32.6. The number of hydrogen-bond donors (Lipinski definition) is 16. The number of hydrogen-bond acceptors (Lipinski definition) is 33. The predicted molar refractivity (Wildman–Crippen MR) is 539 cm³/mol. The van der Waals surface area contributed by atoms with Gasteiger partial charge in [-0.05, 0) is 147 Å². The minimum absolute atomic E-state index is 0.0130. The molecule has 11 atom stereocenters. The van der Waals surface area contributed by atoms with Crippen molar-refractivity contribution in [2.45, 2.75) is 219 Å². The number of aliphatic hydroxyl groups excluding tert-OH is 5. The van der Waals surface area contributed by atoms with Gasteiger partial charge < -0.3 is 146 Å². The number of urea groups is 1. The van der Waals surface area contributed by atoms with E-state index in [9.17, 15) is 62.6 Å². The number of pyridine rings is 1. The number of halogens is 1. The number of aliphatic hydroxyl groups is 5. The van der Waals surface area contributed by atoms with Crippen LogP contribution in [0, 0.1) is 18.8 Å². The zero-order valence-corrected chi connectivity index (χ0v) is 86.5. The molecule has 0 saturated heterocycles. The molecule has 144 heavy (non-hydrogen) atoms. The average molecular weight is 2090 g/mol. The van der Waals surface area contributed by atoms with Crippen LogP contribution in [0.1, 0.15) is 165 Å². The Morgan fingerprint density at radius 2 is 1.03 bits per heavy atom. The third-order valence-electron chi connectivity index (χ3n) is 20.9. The van der Waals surface area contributed by atoms with Crippen molar-refractivity contribution in [2.24, 2.45) is 17.6 Å². The van der Waals surface area contributed by atoms with E-state index in [1.807, 2.05) is 109 Å². The lowest BCUT2D eigenvalue weighted by atomic mass is 9.98. The summed E-state index contributed by atoms with van der Waals surface area (Å²) in [6.45, 7) is 16.7. The first-order valence-electron chi connectivity index (χ1n) is 47.3. The highest BCUT2D eigenvalue weighted by molar-refractivity contribution is 8.76. The predicted octanol–water partition coefficient (Wildman–Crippen LogP) is 8.34. The molecule has 0 saturated carbocycles. The number of aromatic nitrogens is 3. The first-order chi connectivity index (χ1) is 69.1. The molecule has 17 N–H and O–H groups in total. The number of carboxylic acids is 1. The van der Waals surface area contributed by atoms with Crippen LogP contribution in [0.25, 0.3) is 10.9 Å². The number of unbranched alkanes of at least 4 members (excludes halogenated alkanes) is 1. The molecule has 0 radical (unpaired) electrons. The summed E-state index contributed by atoms with van der Waals surface area (Å²) >= 11 is 6.42. The molecule has 0 fully saturated rings. The Hall–Kier alpha value is -11.2. The number of fused-ring (bicyclic) bond motifs is 1. The van der Waals surface area contributed by atoms with E-state index < -0.39 is 109 Å². The minimum atomic E-state index is -1.12. The van der Waals surface area contributed by atoms with Crippen LogP contribution < -0.4 is 59.1 Å². The highest BCUT2D eigenvalue weighted by Crippen LogP contribution is 2.32. The van der Waals surface area contributed by atoms with Gasteiger partial charge in [0.25, 0.3) is 11.5 Å². The Morgan fingerprint density at radius 1 is 0.521 bits per heavy atom. The molecule has 4 aromatic carbocycles. The Labute approximate surface area is 852 Å². The smallest absolute Gasteiger partial charge is 0.407 e. The second-order valence-corrected chi connectivity index (χ2v) is 35.5. The molecule has 0 aliphatic rings. The normalized spacial score (nSPS) is 13.3. The molecule has 47 heteroatoms. The van der Waals surface area contributed by atoms with Gasteiger partial charge in [0.15, 0.2) is 25.2 Å². The van der Waals surface area contributed by atoms with Crippen LogP contribution in [-0.4, -0.2) is 311 Å². The fraction of sp³-hybridized carbons (Fsp3) is 0.567. The van der Waals surface area contributed by atoms with Crippen molar-refractivity contribution >= 4 is 116 Å². The van der Waals surface area contributed by atoms with E-state index >= 15 is 0 Å². The summed E-state index contributed by atoms with van der Waals surface area (Å²) < 4.78 is 63.3. The lowest BCUT2D eigenvalue weighted by molar-refractivity contribution is -0.181. The average Bonchev–Trinajstić information content (AvgIpc) is 0.757. The third-order valence-corrected chi connectivity index (χ3v) is 23.4. The number of alkyl carbamates (subject to hydrolysis) is 4. The van der Waals surface area contributed by atoms with Gasteiger partial charge in [0.1, 0.15) is 49.4 Å². The van der Waals surface area contributed by atoms with E-state index in [1.54, 1.807) is 106 Å². The van der Waals surface area contributed by atoms with Crippen molar-refractivity contribution < 1.29 is 140 Å². The molecule has 804 valence electrons. The van der Waals surface area contributed by atoms with Gasteiger partial charge in [-0.1, -0.05) is 144 Å². The van der Waals surface area contributed by atoms with Gasteiger partial charge in [-0.15, -0.1) is 0 Å². The van der Waals surface area contributed by atoms with Gasteiger partial charge in [-0.2, -0.15) is 0 Å². The summed E-state index contributed by atoms with van der Waals surface area (Å²) in [5.41, 5.74) is 8.72. The molecule has 6 aromatic rings. The fourth-order valence-corrected chi connectivity index (χ4v) is 14.7. The number of benzene rings is 4. The largest absolute Gasteiger partial charge is 0.481 e. The number of nitrogens with one attached hydrogen (secondary N) is 9. The van der Waals surface area contributed by atoms with Crippen molar-refractivity contribution in [1.29, 1.82) is 0 Å². The van der Waals surface area contributed by atoms with Crippen LogP contribution in [0.5, 0.6) is 0 Å². The van der Waals surface area contributed by atoms with Crippen molar-refractivity contribution in [1.82, 2.24) is 62.0 Å². The number of aliphatic carboxylic acids is 1. The van der Waals surface area contributed by atoms with Crippen LogP contribution in [0.2, 0.25) is 5.02 Å². The van der Waals surface area contributed by atoms with E-state index in [2.05, 4.69) is 52.8 Å². The molecule has 2 aromatic heterocycles. The molecule has 11 amide bonds. The van der Waals surface area contributed by atoms with Gasteiger partial charge in [-0.3, -0.25) is 38.1 Å². The SMILES string of the molecule is CCC(CO)OC(CO)OC.CCC(CO)OC(COC(=O)NCCC(=O)NCCSSc1ccccn1)OC.CCC(CO)OC(COC(=O)NCCC(=O)N[C@@H](C(=O)N[C@H](CCCNC(N)=O)C(=O)Nc1ccc(COC(=O)NCCCCN(C(=O)c2ccc(C)cc2)[C@@H](c2nc3cc(Cl)ccc3c(=O)n2Cc2ccccc2)C(C)C)cc1)C(C)C)OC.CCC(CO)OC(COC(=O)NCCC(=O)O)OC. The molecular weight excluding hydrogens is 1940 g/mol. The number of carbonyl (C=O) groups excluding carboxylic acids is 10. The fourth-order valence-electron chi connectivity index (χ4n) is 12.7. The maximum atomic E-state index is 14.6. The Bertz CT molecular complexity index is 4740. The summed E-state index contributed by atoms with van der Waals surface area (Å²) in [4.78, 5) is 162. The number of aryl methyl sites for hydroxylation is 1. The zero-order valence-electron chi connectivity index (χ0n) is 84.1. The van der Waals surface area contributed by atoms with Gasteiger partial charge in [0.05, 0.1) is 87.4 Å². The van der Waals surface area contributed by atoms with Gasteiger partial charge in [0.2, 0.25) is 23.6 Å². The number of nitrogens with two attached hydrogens (primary N) is 1. The number of rotatable bonds is 64. The molecule has 0 aliphatic carbocycles. The van der Waals surface area contributed by atoms with E-state index in [1.165, 1.54) is 28.4 Å². The van der Waals surface area contributed by atoms with E-state index in [0.717, 1.165) is 21.9 Å². The van der Waals surface area contributed by atoms with Crippen LogP contribution in [0.15, 0.2) is 131 Å². The van der Waals surface area contributed by atoms with Crippen LogP contribution >= 0.6 is 33.2 Å². The number of ether oxygens (including phenoxy) is 12. The van der Waals surface area contributed by atoms with Gasteiger partial charge >= 0.3 is 36.4 Å². The second kappa shape index (κ2) is 74.7. The Morgan fingerprint density at radius 3 is 1.51 bits per heavy atom. The lowest BCUT2D eigenvalue weighted by Crippen LogP contribution is -2.54. The van der Waals surface area contributed by atoms with Crippen molar-refractivity contribution in [2.75, 3.05) is 138 Å². The number of primary amides is 1. The molecule has 2 heterocycles. The van der Waals surface area contributed by atoms with E-state index in [0.29, 0.717) is 83.6 Å². The Balaban J connectivity index is 0.000000723. The molecule has 44 nitrogen and oxygen atoms in total. The molecule has 0 bridgehead atoms. The van der Waals surface area contributed by atoms with Crippen LogP contribution in [-0.2, 0) is 94.0 Å². The van der Waals surface area contributed by atoms with Crippen LogP contribution in [0.4, 0.5) is 29.7 Å². The molecule has 0 aliphatic heterocycles. The number of amides is 11. The topological polar surface area (TPSA) is 605 Å². The zero-order chi connectivity index (χ0) is 107. The monoisotopic (exact) mass is 2090 g/mol. The summed E-state index contributed by atoms with van der Waals surface area (Å²) in [5, 5.41) is 78.3. The standard InChI is InChI=1S/C61H81ClN10O13.C18H29N3O6S2.C11H21NO7.C7H16O4/c1-8-46(35-73)85-51(82-7)37-84-61(81)66-31-28-50(74)70-52(38(2)3)56(76)69-48(17-14-30-64-59(63)79)55(75)67-45-25-20-42(21-26-45)36-83-60(80)65-29-12-13-32-71(57(77)43-22-18-40(6)19-23-43)53(39(4)5)54-68-49-33-44(62)24-27-47(49)58(78)72(54)34-41-15-10-9-11-16-41;1-3-14(12-22)27-17(25-2)13-26-18(24)21-9-7-15(23)19-10-11-28-29-16-6-4-5-8-20-16;1-3-8(6-13)19-10(17-2)7-18-11(16)12-5-4-9(14)15;1-3-6(4-8)11-7(5-9)10-2/h9-11,15-16,18-27,33,38-39,46,48,51-53,73H,8,12-14,17,28-32,34-37H2,1-7H3,(H,65,80)(H,66,81)(H,67,75)(H,69,76)(H,70,74)(H3,63,64,79);4-6,8,14,17,22H,3,7,9-13H2,1-2H3,(H,19,23)(H,21,24);8,10,13H,3-7H2,1-2H3,(H,12,16)(H,14,15);6-9H,3-5H2,1-2H3/t46?,48-,51?,52-,53-;;;/m1.../s1. The maximum Gasteiger partial charge on any atom is 0.407 e. The molecular formula is C97H147ClN14O30S2. The maximum absolute atomic E-state index is 14.6. The third kappa shape index (κ3) is 52.5. The molecule has 6 rings (SSSR count). The molecule has 8 unspecified atom stereocenters. The van der Waals surface area contributed by atoms with Gasteiger partial charge in [-0.25, -0.2) is 33.9 Å². The Kier molecular flexibility index (Phi) is 65.8. The number of carbonyl (C=O) groups is 11. The summed E-state index contributed by atoms with van der Waals surface area (Å²) in [5.74, 6) is -2.64. The van der Waals surface area contributed by atoms with Crippen molar-refractivity contribution in [3.05, 3.63) is 165 Å². The highest BCUT2D eigenvalue weighted by atomic mass is 35.5. The van der Waals surface area contributed by atoms with Gasteiger partial charge in [0, 0.05) is 115 Å². The van der Waals surface area contributed by atoms with Crippen molar-refractivity contribution in [3.8, 4) is 0 Å². The molecule has 0 spiro atoms. The number of carboxylic acid groups (broad SMARTS) is 1. The number of methoxy groups -OCH3 is 4. The summed E-state index contributed by atoms with van der Waals surface area (Å²) in [7, 11) is 8.79. The first kappa shape index (κ1) is 127. The minimum Gasteiger partial charge on any atom is -0.481 e. The van der Waals surface area contributed by atoms with Crippen LogP contribution in [0.3, 0.4) is 0 Å². The van der Waals surface area contributed by atoms with E-state index in [-0.39, 0.29) is 179 Å².